The number of aliphatic hydroxyl groups is 4. The quantitative estimate of drug-likeness (QED) is 0.0620. The minimum atomic E-state index is -2.89. The van der Waals surface area contributed by atoms with Crippen LogP contribution in [0.25, 0.3) is 0 Å². The Bertz CT molecular complexity index is 1330. The molecule has 0 spiro atoms. The van der Waals surface area contributed by atoms with Gasteiger partial charge in [0.1, 0.15) is 29.4 Å². The highest BCUT2D eigenvalue weighted by molar-refractivity contribution is 5.98. The van der Waals surface area contributed by atoms with Crippen molar-refractivity contribution in [1.82, 2.24) is 20.6 Å². The molecule has 1 heterocycles. The highest BCUT2D eigenvalue weighted by Gasteiger charge is 2.32. The second-order valence-corrected chi connectivity index (χ2v) is 7.60. The van der Waals surface area contributed by atoms with E-state index in [0.29, 0.717) is 5.56 Å². The van der Waals surface area contributed by atoms with Gasteiger partial charge < -0.3 is 32.0 Å². The zero-order valence-electron chi connectivity index (χ0n) is 18.7. The molecule has 36 heavy (non-hydrogen) atoms. The van der Waals surface area contributed by atoms with E-state index in [1.54, 1.807) is 0 Å². The van der Waals surface area contributed by atoms with Gasteiger partial charge in [-0.1, -0.05) is 24.3 Å². The van der Waals surface area contributed by atoms with Crippen molar-refractivity contribution >= 4 is 17.6 Å². The molecule has 0 atom stereocenters. The summed E-state index contributed by atoms with van der Waals surface area (Å²) < 4.78 is 13.5. The van der Waals surface area contributed by atoms with Crippen molar-refractivity contribution in [3.63, 3.8) is 0 Å². The number of halogens is 1. The molecule has 188 valence electrons. The van der Waals surface area contributed by atoms with Crippen molar-refractivity contribution in [2.45, 2.75) is 18.7 Å². The Labute approximate surface area is 202 Å². The number of amidine groups is 1. The maximum absolute atomic E-state index is 13.5. The van der Waals surface area contributed by atoms with Crippen LogP contribution in [0.15, 0.2) is 60.0 Å². The summed E-state index contributed by atoms with van der Waals surface area (Å²) in [6.45, 7) is 1.40. The number of nitrogens with two attached hydrogens (primary N) is 2. The highest BCUT2D eigenvalue weighted by atomic mass is 19.1. The molecule has 14 heteroatoms. The minimum Gasteiger partial charge on any atom is -0.382 e. The molecule has 2 aromatic carbocycles. The van der Waals surface area contributed by atoms with E-state index in [1.807, 2.05) is 10.6 Å². The molecule has 0 aliphatic carbocycles. The monoisotopic (exact) mass is 499 g/mol. The van der Waals surface area contributed by atoms with Crippen LogP contribution in [0.2, 0.25) is 0 Å². The zero-order valence-corrected chi connectivity index (χ0v) is 18.7. The summed E-state index contributed by atoms with van der Waals surface area (Å²) in [4.78, 5) is 32.4. The first-order chi connectivity index (χ1) is 16.8. The Hall–Kier alpha value is -4.50. The fourth-order valence-corrected chi connectivity index (χ4v) is 3.00. The molecule has 0 aliphatic heterocycles. The van der Waals surface area contributed by atoms with Crippen LogP contribution in [-0.2, 0) is 11.8 Å². The lowest BCUT2D eigenvalue weighted by Gasteiger charge is -2.24. The summed E-state index contributed by atoms with van der Waals surface area (Å²) in [5.74, 6) is -3.44. The number of rotatable bonds is 7. The van der Waals surface area contributed by atoms with E-state index in [-0.39, 0.29) is 22.5 Å². The predicted octanol–water partition coefficient (Wildman–Crippen LogP) is -1.45. The molecular formula is C22H22FN7O6. The molecule has 3 rings (SSSR count). The lowest BCUT2D eigenvalue weighted by Crippen LogP contribution is -2.47. The van der Waals surface area contributed by atoms with Gasteiger partial charge in [-0.15, -0.1) is 0 Å². The first-order valence-electron chi connectivity index (χ1n) is 10.1. The van der Waals surface area contributed by atoms with Crippen molar-refractivity contribution in [3.8, 4) is 0 Å². The van der Waals surface area contributed by atoms with Gasteiger partial charge in [0.25, 0.3) is 23.6 Å². The molecule has 10 N–H and O–H groups in total. The van der Waals surface area contributed by atoms with Crippen LogP contribution in [0.5, 0.6) is 0 Å². The van der Waals surface area contributed by atoms with E-state index in [2.05, 4.69) is 15.1 Å². The predicted molar refractivity (Wildman–Crippen MR) is 122 cm³/mol. The summed E-state index contributed by atoms with van der Waals surface area (Å²) >= 11 is 0. The first-order valence-corrected chi connectivity index (χ1v) is 10.1. The van der Waals surface area contributed by atoms with Gasteiger partial charge in [0.2, 0.25) is 0 Å². The first kappa shape index (κ1) is 26.1. The third-order valence-electron chi connectivity index (χ3n) is 4.99. The van der Waals surface area contributed by atoms with Gasteiger partial charge in [0.05, 0.1) is 0 Å². The molecule has 0 bridgehead atoms. The fourth-order valence-electron chi connectivity index (χ4n) is 3.00. The second-order valence-electron chi connectivity index (χ2n) is 7.60. The van der Waals surface area contributed by atoms with E-state index in [9.17, 15) is 34.4 Å². The average molecular weight is 499 g/mol. The number of aromatic nitrogens is 2. The second kappa shape index (κ2) is 10.0. The van der Waals surface area contributed by atoms with Gasteiger partial charge >= 0.3 is 0 Å². The molecular weight excluding hydrogens is 477 g/mol. The Kier molecular flexibility index (Phi) is 7.26. The van der Waals surface area contributed by atoms with Gasteiger partial charge in [-0.3, -0.25) is 20.2 Å². The zero-order chi connectivity index (χ0) is 26.7. The van der Waals surface area contributed by atoms with Gasteiger partial charge in [-0.25, -0.2) is 14.4 Å². The van der Waals surface area contributed by atoms with E-state index in [0.717, 1.165) is 30.6 Å². The largest absolute Gasteiger partial charge is 0.382 e. The molecule has 3 aromatic rings. The molecule has 2 amide bonds. The van der Waals surface area contributed by atoms with E-state index < -0.39 is 40.8 Å². The van der Waals surface area contributed by atoms with Gasteiger partial charge in [-0.05, 0) is 30.7 Å². The standard InChI is InChI=1S/C22H22FN7O6/c1-11-8-14(6-7-15(11)23)22(35,36)29-20(32)17-9-16(26-10-27-17)19(31)28-21(33,34)13-4-2-12(3-5-13)18(24)30-25/h2-10,33-36H,25H2,1H3,(H2,24,30)(H,28,31)(H,29,32). The summed E-state index contributed by atoms with van der Waals surface area (Å²) in [6.07, 6.45) is 0.836. The maximum Gasteiger partial charge on any atom is 0.275 e. The van der Waals surface area contributed by atoms with Crippen LogP contribution in [0.1, 0.15) is 43.2 Å². The third kappa shape index (κ3) is 5.76. The summed E-state index contributed by atoms with van der Waals surface area (Å²) in [6, 6.07) is 9.36. The summed E-state index contributed by atoms with van der Waals surface area (Å²) in [5.41, 5.74) is 4.81. The van der Waals surface area contributed by atoms with Crippen molar-refractivity contribution in [1.29, 1.82) is 0 Å². The minimum absolute atomic E-state index is 0.00296. The normalized spacial score (nSPS) is 12.2. The molecule has 0 unspecified atom stereocenters. The Balaban J connectivity index is 1.75. The van der Waals surface area contributed by atoms with Crippen molar-refractivity contribution in [3.05, 3.63) is 94.3 Å². The van der Waals surface area contributed by atoms with Crippen LogP contribution < -0.4 is 22.2 Å². The van der Waals surface area contributed by atoms with Crippen molar-refractivity contribution < 1.29 is 34.4 Å². The van der Waals surface area contributed by atoms with Crippen LogP contribution in [-0.4, -0.2) is 48.0 Å². The summed E-state index contributed by atoms with van der Waals surface area (Å²) in [5, 5.41) is 48.3. The Morgan fingerprint density at radius 1 is 0.889 bits per heavy atom. The third-order valence-corrected chi connectivity index (χ3v) is 4.99. The average Bonchev–Trinajstić information content (AvgIpc) is 2.84. The van der Waals surface area contributed by atoms with Gasteiger partial charge in [-0.2, -0.15) is 5.10 Å². The number of nitrogens with one attached hydrogen (secondary N) is 2. The van der Waals surface area contributed by atoms with Crippen LogP contribution >= 0.6 is 0 Å². The Morgan fingerprint density at radius 2 is 1.39 bits per heavy atom. The van der Waals surface area contributed by atoms with Crippen LogP contribution in [0.4, 0.5) is 4.39 Å². The van der Waals surface area contributed by atoms with Crippen LogP contribution in [0, 0.1) is 12.7 Å². The number of benzene rings is 2. The Morgan fingerprint density at radius 3 is 1.89 bits per heavy atom. The number of hydrazone groups is 1. The molecule has 1 aromatic heterocycles. The van der Waals surface area contributed by atoms with E-state index >= 15 is 0 Å². The van der Waals surface area contributed by atoms with Crippen molar-refractivity contribution in [2.75, 3.05) is 0 Å². The van der Waals surface area contributed by atoms with E-state index in [4.69, 9.17) is 11.6 Å². The number of amides is 2. The number of carbonyl (C=O) groups excluding carboxylic acids is 2. The van der Waals surface area contributed by atoms with E-state index in [1.165, 1.54) is 31.2 Å². The molecule has 0 saturated carbocycles. The van der Waals surface area contributed by atoms with Crippen LogP contribution in [0.3, 0.4) is 0 Å². The van der Waals surface area contributed by atoms with Gasteiger partial charge in [0.15, 0.2) is 0 Å². The number of hydrogen-bond acceptors (Lipinski definition) is 10. The molecule has 0 saturated heterocycles. The number of aryl methyl sites for hydroxylation is 1. The summed E-state index contributed by atoms with van der Waals surface area (Å²) in [7, 11) is 0. The highest BCUT2D eigenvalue weighted by Crippen LogP contribution is 2.19. The number of nitrogens with zero attached hydrogens (tertiary/aromatic N) is 3. The topological polar surface area (TPSA) is 229 Å². The molecule has 0 aliphatic rings. The molecule has 0 fully saturated rings. The molecule has 0 radical (unpaired) electrons. The van der Waals surface area contributed by atoms with Gasteiger partial charge in [0, 0.05) is 22.8 Å². The number of carbonyl (C=O) groups is 2. The SMILES string of the molecule is Cc1cc(C(O)(O)NC(=O)c2cc(C(=O)NC(O)(O)c3ccc(/C(N)=N/N)cc3)ncn2)ccc1F. The lowest BCUT2D eigenvalue weighted by molar-refractivity contribution is -0.186. The fraction of sp³-hybridized carbons (Fsp3) is 0.136. The smallest absolute Gasteiger partial charge is 0.275 e. The maximum atomic E-state index is 13.5. The molecule has 13 nitrogen and oxygen atoms in total. The van der Waals surface area contributed by atoms with Crippen molar-refractivity contribution in [2.24, 2.45) is 16.7 Å². The lowest BCUT2D eigenvalue weighted by atomic mass is 10.1. The number of hydrogen-bond donors (Lipinski definition) is 8.